The van der Waals surface area contributed by atoms with Gasteiger partial charge in [0.15, 0.2) is 0 Å². The molecule has 0 fully saturated rings. The van der Waals surface area contributed by atoms with E-state index in [9.17, 15) is 19.5 Å². The minimum atomic E-state index is -1.44. The maximum Gasteiger partial charge on any atom is 0.407 e. The zero-order valence-electron chi connectivity index (χ0n) is 21.7. The van der Waals surface area contributed by atoms with Crippen molar-refractivity contribution in [2.24, 2.45) is 0 Å². The summed E-state index contributed by atoms with van der Waals surface area (Å²) in [4.78, 5) is 36.6. The van der Waals surface area contributed by atoms with Gasteiger partial charge in [0, 0.05) is 12.5 Å². The lowest BCUT2D eigenvalue weighted by Crippen LogP contribution is -2.49. The first-order chi connectivity index (χ1) is 18.1. The molecule has 8 nitrogen and oxygen atoms in total. The molecule has 0 spiro atoms. The number of aliphatic carboxylic acids is 1. The number of hydrogen-bond acceptors (Lipinski definition) is 6. The van der Waals surface area contributed by atoms with Crippen LogP contribution in [-0.2, 0) is 27.2 Å². The Kier molecular flexibility index (Phi) is 8.00. The molecule has 0 aromatic heterocycles. The minimum Gasteiger partial charge on any atom is -0.548 e. The van der Waals surface area contributed by atoms with E-state index in [4.69, 9.17) is 9.47 Å². The van der Waals surface area contributed by atoms with Crippen LogP contribution in [0, 0.1) is 0 Å². The van der Waals surface area contributed by atoms with Crippen LogP contribution in [0.4, 0.5) is 9.59 Å². The fourth-order valence-corrected chi connectivity index (χ4v) is 4.61. The normalized spacial score (nSPS) is 13.1. The minimum absolute atomic E-state index is 0.0430. The summed E-state index contributed by atoms with van der Waals surface area (Å²) < 4.78 is 10.8. The van der Waals surface area contributed by atoms with E-state index in [2.05, 4.69) is 10.6 Å². The Balaban J connectivity index is 1.39. The van der Waals surface area contributed by atoms with Gasteiger partial charge < -0.3 is 30.0 Å². The second kappa shape index (κ2) is 11.4. The van der Waals surface area contributed by atoms with Gasteiger partial charge in [0.2, 0.25) is 0 Å². The first-order valence-corrected chi connectivity index (χ1v) is 12.5. The Morgan fingerprint density at radius 3 is 1.97 bits per heavy atom. The summed E-state index contributed by atoms with van der Waals surface area (Å²) in [5, 5.41) is 17.0. The number of hydrogen-bond donors (Lipinski definition) is 2. The standard InChI is InChI=1S/C30H32N2O6/c1-30(2,3)38-28(35)31-17-20-11-5-4-10-19(20)16-26(27(33)34)32-29(36)37-18-25-23-14-8-6-12-21(23)22-13-7-9-15-24(22)25/h4-15,25-26H,16-18H2,1-3H3,(H,31,35)(H,32,36)(H,33,34)/p-1/t26-/m1/s1. The van der Waals surface area contributed by atoms with E-state index >= 15 is 0 Å². The van der Waals surface area contributed by atoms with Crippen LogP contribution in [-0.4, -0.2) is 36.4 Å². The lowest BCUT2D eigenvalue weighted by atomic mass is 9.98. The topological polar surface area (TPSA) is 117 Å². The van der Waals surface area contributed by atoms with Gasteiger partial charge >= 0.3 is 12.2 Å². The van der Waals surface area contributed by atoms with Gasteiger partial charge in [0.25, 0.3) is 0 Å². The number of carboxylic acid groups (broad SMARTS) is 1. The van der Waals surface area contributed by atoms with Gasteiger partial charge in [-0.3, -0.25) is 0 Å². The zero-order valence-corrected chi connectivity index (χ0v) is 21.7. The van der Waals surface area contributed by atoms with Crippen molar-refractivity contribution in [1.82, 2.24) is 10.6 Å². The van der Waals surface area contributed by atoms with Crippen LogP contribution in [0.1, 0.15) is 48.9 Å². The number of fused-ring (bicyclic) bond motifs is 3. The van der Waals surface area contributed by atoms with Crippen molar-refractivity contribution in [3.8, 4) is 11.1 Å². The quantitative estimate of drug-likeness (QED) is 0.470. The van der Waals surface area contributed by atoms with E-state index in [1.165, 1.54) is 0 Å². The Labute approximate surface area is 222 Å². The highest BCUT2D eigenvalue weighted by molar-refractivity contribution is 5.80. The molecular formula is C30H31N2O6-. The fraction of sp³-hybridized carbons (Fsp3) is 0.300. The first-order valence-electron chi connectivity index (χ1n) is 12.5. The highest BCUT2D eigenvalue weighted by atomic mass is 16.6. The van der Waals surface area contributed by atoms with Crippen molar-refractivity contribution in [2.75, 3.05) is 6.61 Å². The zero-order chi connectivity index (χ0) is 27.3. The van der Waals surface area contributed by atoms with E-state index in [1.807, 2.05) is 48.5 Å². The first kappa shape index (κ1) is 26.7. The fourth-order valence-electron chi connectivity index (χ4n) is 4.61. The van der Waals surface area contributed by atoms with Crippen molar-refractivity contribution < 1.29 is 29.0 Å². The average Bonchev–Trinajstić information content (AvgIpc) is 3.19. The van der Waals surface area contributed by atoms with E-state index in [-0.39, 0.29) is 25.5 Å². The molecule has 0 radical (unpaired) electrons. The summed E-state index contributed by atoms with van der Waals surface area (Å²) in [5.41, 5.74) is 5.00. The summed E-state index contributed by atoms with van der Waals surface area (Å²) >= 11 is 0. The van der Waals surface area contributed by atoms with Crippen molar-refractivity contribution in [2.45, 2.75) is 51.3 Å². The predicted octanol–water partition coefficient (Wildman–Crippen LogP) is 3.91. The Bertz CT molecular complexity index is 1280. The molecule has 3 aromatic carbocycles. The smallest absolute Gasteiger partial charge is 0.407 e. The highest BCUT2D eigenvalue weighted by Crippen LogP contribution is 2.44. The molecule has 0 bridgehead atoms. The van der Waals surface area contributed by atoms with Gasteiger partial charge in [0.1, 0.15) is 12.2 Å². The Morgan fingerprint density at radius 1 is 0.842 bits per heavy atom. The van der Waals surface area contributed by atoms with Gasteiger partial charge in [-0.2, -0.15) is 0 Å². The maximum atomic E-state index is 12.7. The molecule has 1 atom stereocenters. The largest absolute Gasteiger partial charge is 0.548 e. The van der Waals surface area contributed by atoms with Crippen LogP contribution < -0.4 is 15.7 Å². The van der Waals surface area contributed by atoms with Crippen LogP contribution in [0.25, 0.3) is 11.1 Å². The lowest BCUT2D eigenvalue weighted by Gasteiger charge is -2.22. The highest BCUT2D eigenvalue weighted by Gasteiger charge is 2.29. The SMILES string of the molecule is CC(C)(C)OC(=O)NCc1ccccc1C[C@@H](NC(=O)OCC1c2ccccc2-c2ccccc21)C(=O)[O-]. The summed E-state index contributed by atoms with van der Waals surface area (Å²) in [6.45, 7) is 5.49. The number of benzene rings is 3. The summed E-state index contributed by atoms with van der Waals surface area (Å²) in [5.74, 6) is -1.58. The van der Waals surface area contributed by atoms with Crippen molar-refractivity contribution in [1.29, 1.82) is 0 Å². The number of carboxylic acids is 1. The van der Waals surface area contributed by atoms with Crippen LogP contribution >= 0.6 is 0 Å². The molecule has 4 rings (SSSR count). The van der Waals surface area contributed by atoms with Crippen LogP contribution in [0.5, 0.6) is 0 Å². The second-order valence-corrected chi connectivity index (χ2v) is 10.2. The Morgan fingerprint density at radius 2 is 1.39 bits per heavy atom. The molecule has 0 aliphatic heterocycles. The van der Waals surface area contributed by atoms with Gasteiger partial charge in [-0.05, 0) is 60.6 Å². The van der Waals surface area contributed by atoms with Crippen LogP contribution in [0.2, 0.25) is 0 Å². The number of carbonyl (C=O) groups is 3. The van der Waals surface area contributed by atoms with Crippen molar-refractivity contribution in [3.05, 3.63) is 95.1 Å². The van der Waals surface area contributed by atoms with E-state index in [0.717, 1.165) is 22.3 Å². The number of rotatable bonds is 8. The van der Waals surface area contributed by atoms with E-state index in [0.29, 0.717) is 11.1 Å². The van der Waals surface area contributed by atoms with Gasteiger partial charge in [-0.15, -0.1) is 0 Å². The third-order valence-electron chi connectivity index (χ3n) is 6.28. The summed E-state index contributed by atoms with van der Waals surface area (Å²) in [6, 6.07) is 21.6. The number of nitrogens with one attached hydrogen (secondary N) is 2. The van der Waals surface area contributed by atoms with Crippen LogP contribution in [0.3, 0.4) is 0 Å². The number of ether oxygens (including phenoxy) is 2. The van der Waals surface area contributed by atoms with Gasteiger partial charge in [-0.1, -0.05) is 72.8 Å². The van der Waals surface area contributed by atoms with Crippen molar-refractivity contribution in [3.63, 3.8) is 0 Å². The molecule has 0 saturated heterocycles. The molecule has 198 valence electrons. The van der Waals surface area contributed by atoms with Crippen LogP contribution in [0.15, 0.2) is 72.8 Å². The van der Waals surface area contributed by atoms with E-state index < -0.39 is 29.8 Å². The van der Waals surface area contributed by atoms with Crippen molar-refractivity contribution >= 4 is 18.2 Å². The molecular weight excluding hydrogens is 484 g/mol. The van der Waals surface area contributed by atoms with Gasteiger partial charge in [0.05, 0.1) is 12.0 Å². The molecule has 2 N–H and O–H groups in total. The predicted molar refractivity (Wildman–Crippen MR) is 140 cm³/mol. The molecule has 0 heterocycles. The monoisotopic (exact) mass is 515 g/mol. The third-order valence-corrected chi connectivity index (χ3v) is 6.28. The molecule has 0 saturated carbocycles. The molecule has 2 amide bonds. The molecule has 1 aliphatic carbocycles. The molecule has 3 aromatic rings. The summed E-state index contributed by atoms with van der Waals surface area (Å²) in [6.07, 6.45) is -1.47. The maximum absolute atomic E-state index is 12.7. The second-order valence-electron chi connectivity index (χ2n) is 10.2. The molecule has 38 heavy (non-hydrogen) atoms. The van der Waals surface area contributed by atoms with Gasteiger partial charge in [-0.25, -0.2) is 9.59 Å². The van der Waals surface area contributed by atoms with E-state index in [1.54, 1.807) is 45.0 Å². The number of carbonyl (C=O) groups excluding carboxylic acids is 3. The molecule has 1 aliphatic rings. The third kappa shape index (κ3) is 6.51. The number of alkyl carbamates (subject to hydrolysis) is 2. The number of amides is 2. The Hall–Kier alpha value is -4.33. The summed E-state index contributed by atoms with van der Waals surface area (Å²) in [7, 11) is 0. The average molecular weight is 516 g/mol. The molecule has 8 heteroatoms. The lowest BCUT2D eigenvalue weighted by molar-refractivity contribution is -0.308. The molecule has 0 unspecified atom stereocenters.